The average molecular weight is 271 g/mol. The first kappa shape index (κ1) is 10.3. The van der Waals surface area contributed by atoms with Gasteiger partial charge in [-0.05, 0) is 18.2 Å². The number of fused-ring (bicyclic) bond motifs is 1. The Morgan fingerprint density at radius 1 is 1.60 bits per heavy atom. The summed E-state index contributed by atoms with van der Waals surface area (Å²) in [6.45, 7) is 1.54. The van der Waals surface area contributed by atoms with Crippen molar-refractivity contribution in [1.29, 1.82) is 0 Å². The van der Waals surface area contributed by atoms with Crippen molar-refractivity contribution < 1.29 is 9.90 Å². The molecule has 2 N–H and O–H groups in total. The number of hydrogen-bond donors (Lipinski definition) is 2. The van der Waals surface area contributed by atoms with Crippen molar-refractivity contribution >= 4 is 33.3 Å². The predicted molar refractivity (Wildman–Crippen MR) is 62.5 cm³/mol. The molecule has 80 valence electrons. The summed E-state index contributed by atoms with van der Waals surface area (Å²) in [6.07, 6.45) is 0. The number of anilines is 2. The fourth-order valence-electron chi connectivity index (χ4n) is 1.69. The highest BCUT2D eigenvalue weighted by atomic mass is 79.9. The van der Waals surface area contributed by atoms with Crippen molar-refractivity contribution in [2.75, 3.05) is 29.9 Å². The minimum atomic E-state index is -0.803. The molecule has 0 saturated heterocycles. The van der Waals surface area contributed by atoms with Crippen LogP contribution >= 0.6 is 15.9 Å². The molecule has 0 radical (unpaired) electrons. The van der Waals surface area contributed by atoms with Gasteiger partial charge in [-0.25, -0.2) is 0 Å². The van der Waals surface area contributed by atoms with E-state index >= 15 is 0 Å². The number of carbonyl (C=O) groups is 1. The third kappa shape index (κ3) is 2.23. The molecule has 5 heteroatoms. The van der Waals surface area contributed by atoms with Gasteiger partial charge in [-0.15, -0.1) is 0 Å². The topological polar surface area (TPSA) is 52.6 Å². The van der Waals surface area contributed by atoms with E-state index in [1.165, 1.54) is 0 Å². The molecular formula is C10H11BrN2O2. The number of rotatable bonds is 2. The van der Waals surface area contributed by atoms with E-state index in [9.17, 15) is 4.79 Å². The number of nitrogens with one attached hydrogen (secondary N) is 1. The zero-order valence-electron chi connectivity index (χ0n) is 8.03. The summed E-state index contributed by atoms with van der Waals surface area (Å²) < 4.78 is 0.959. The van der Waals surface area contributed by atoms with Gasteiger partial charge in [0, 0.05) is 17.6 Å². The normalized spacial score (nSPS) is 14.3. The Hall–Kier alpha value is -1.23. The first-order valence-corrected chi connectivity index (χ1v) is 5.46. The zero-order chi connectivity index (χ0) is 10.8. The summed E-state index contributed by atoms with van der Waals surface area (Å²) in [5, 5.41) is 12.0. The summed E-state index contributed by atoms with van der Waals surface area (Å²) in [4.78, 5) is 12.5. The number of carboxylic acids is 1. The Morgan fingerprint density at radius 2 is 2.40 bits per heavy atom. The molecule has 0 aliphatic carbocycles. The van der Waals surface area contributed by atoms with Crippen LogP contribution in [0, 0.1) is 0 Å². The summed E-state index contributed by atoms with van der Waals surface area (Å²) in [6, 6.07) is 5.83. The number of carboxylic acid groups (broad SMARTS) is 1. The Labute approximate surface area is 96.0 Å². The van der Waals surface area contributed by atoms with Crippen LogP contribution in [0.2, 0.25) is 0 Å². The van der Waals surface area contributed by atoms with Crippen molar-refractivity contribution in [2.24, 2.45) is 0 Å². The van der Waals surface area contributed by atoms with Crippen molar-refractivity contribution in [3.63, 3.8) is 0 Å². The van der Waals surface area contributed by atoms with Crippen molar-refractivity contribution in [1.82, 2.24) is 0 Å². The van der Waals surface area contributed by atoms with Gasteiger partial charge in [-0.1, -0.05) is 15.9 Å². The van der Waals surface area contributed by atoms with Crippen molar-refractivity contribution in [2.45, 2.75) is 0 Å². The van der Waals surface area contributed by atoms with Gasteiger partial charge < -0.3 is 15.3 Å². The van der Waals surface area contributed by atoms with Crippen LogP contribution in [0.15, 0.2) is 22.7 Å². The van der Waals surface area contributed by atoms with Crippen LogP contribution in [0.4, 0.5) is 11.4 Å². The van der Waals surface area contributed by atoms with E-state index in [0.29, 0.717) is 0 Å². The molecule has 0 unspecified atom stereocenters. The molecule has 0 amide bonds. The number of hydrogen-bond acceptors (Lipinski definition) is 3. The van der Waals surface area contributed by atoms with Crippen LogP contribution in [0.1, 0.15) is 0 Å². The van der Waals surface area contributed by atoms with Crippen LogP contribution in [-0.2, 0) is 4.79 Å². The maximum atomic E-state index is 10.7. The Bertz CT molecular complexity index is 395. The van der Waals surface area contributed by atoms with Crippen LogP contribution < -0.4 is 10.2 Å². The molecule has 2 rings (SSSR count). The number of aliphatic carboxylic acids is 1. The lowest BCUT2D eigenvalue weighted by atomic mass is 10.2. The quantitative estimate of drug-likeness (QED) is 0.860. The second-order valence-electron chi connectivity index (χ2n) is 3.40. The number of benzene rings is 1. The Morgan fingerprint density at radius 3 is 3.13 bits per heavy atom. The molecule has 0 atom stereocenters. The van der Waals surface area contributed by atoms with Crippen molar-refractivity contribution in [3.05, 3.63) is 22.7 Å². The number of nitrogens with zero attached hydrogens (tertiary/aromatic N) is 1. The lowest BCUT2D eigenvalue weighted by Gasteiger charge is -2.30. The fraction of sp³-hybridized carbons (Fsp3) is 0.300. The van der Waals surface area contributed by atoms with Gasteiger partial charge in [-0.2, -0.15) is 0 Å². The van der Waals surface area contributed by atoms with Gasteiger partial charge in [0.15, 0.2) is 0 Å². The molecule has 0 aromatic heterocycles. The SMILES string of the molecule is O=C(O)CN1CCNc2ccc(Br)cc21. The van der Waals surface area contributed by atoms with Gasteiger partial charge in [0.05, 0.1) is 11.4 Å². The van der Waals surface area contributed by atoms with E-state index in [2.05, 4.69) is 21.2 Å². The molecule has 1 heterocycles. The lowest BCUT2D eigenvalue weighted by molar-refractivity contribution is -0.135. The minimum absolute atomic E-state index is 0.0468. The molecule has 1 aromatic carbocycles. The molecule has 0 bridgehead atoms. The summed E-state index contributed by atoms with van der Waals surface area (Å²) in [7, 11) is 0. The summed E-state index contributed by atoms with van der Waals surface area (Å²) in [5.41, 5.74) is 1.93. The smallest absolute Gasteiger partial charge is 0.323 e. The third-order valence-corrected chi connectivity index (χ3v) is 2.82. The highest BCUT2D eigenvalue weighted by Crippen LogP contribution is 2.31. The highest BCUT2D eigenvalue weighted by Gasteiger charge is 2.18. The lowest BCUT2D eigenvalue weighted by Crippen LogP contribution is -2.37. The predicted octanol–water partition coefficient (Wildman–Crippen LogP) is 1.77. The average Bonchev–Trinajstić information content (AvgIpc) is 2.18. The molecule has 1 aromatic rings. The molecule has 15 heavy (non-hydrogen) atoms. The maximum absolute atomic E-state index is 10.7. The molecule has 4 nitrogen and oxygen atoms in total. The summed E-state index contributed by atoms with van der Waals surface area (Å²) in [5.74, 6) is -0.803. The largest absolute Gasteiger partial charge is 0.480 e. The second-order valence-corrected chi connectivity index (χ2v) is 4.32. The van der Waals surface area contributed by atoms with Crippen LogP contribution in [0.5, 0.6) is 0 Å². The van der Waals surface area contributed by atoms with E-state index in [0.717, 1.165) is 28.9 Å². The second kappa shape index (κ2) is 4.10. The standard InChI is InChI=1S/C10H11BrN2O2/c11-7-1-2-8-9(5-7)13(4-3-12-8)6-10(14)15/h1-2,5,12H,3-4,6H2,(H,14,15). The van der Waals surface area contributed by atoms with Crippen LogP contribution in [0.25, 0.3) is 0 Å². The molecule has 1 aliphatic rings. The molecule has 0 fully saturated rings. The van der Waals surface area contributed by atoms with Crippen molar-refractivity contribution in [3.8, 4) is 0 Å². The summed E-state index contributed by atoms with van der Waals surface area (Å²) >= 11 is 3.38. The third-order valence-electron chi connectivity index (χ3n) is 2.32. The Balaban J connectivity index is 2.32. The van der Waals surface area contributed by atoms with Gasteiger partial charge in [0.2, 0.25) is 0 Å². The molecule has 1 aliphatic heterocycles. The molecule has 0 spiro atoms. The van der Waals surface area contributed by atoms with E-state index in [4.69, 9.17) is 5.11 Å². The van der Waals surface area contributed by atoms with E-state index in [1.807, 2.05) is 23.1 Å². The van der Waals surface area contributed by atoms with Crippen LogP contribution in [0.3, 0.4) is 0 Å². The first-order chi connectivity index (χ1) is 7.16. The first-order valence-electron chi connectivity index (χ1n) is 4.67. The van der Waals surface area contributed by atoms with E-state index in [1.54, 1.807) is 0 Å². The van der Waals surface area contributed by atoms with Gasteiger partial charge in [-0.3, -0.25) is 4.79 Å². The highest BCUT2D eigenvalue weighted by molar-refractivity contribution is 9.10. The molecule has 0 saturated carbocycles. The van der Waals surface area contributed by atoms with Gasteiger partial charge in [0.1, 0.15) is 6.54 Å². The monoisotopic (exact) mass is 270 g/mol. The van der Waals surface area contributed by atoms with Gasteiger partial charge in [0.25, 0.3) is 0 Å². The fourth-order valence-corrected chi connectivity index (χ4v) is 2.04. The van der Waals surface area contributed by atoms with E-state index < -0.39 is 5.97 Å². The van der Waals surface area contributed by atoms with Crippen LogP contribution in [-0.4, -0.2) is 30.7 Å². The van der Waals surface area contributed by atoms with E-state index in [-0.39, 0.29) is 6.54 Å². The minimum Gasteiger partial charge on any atom is -0.480 e. The number of halogens is 1. The van der Waals surface area contributed by atoms with Gasteiger partial charge >= 0.3 is 5.97 Å². The zero-order valence-corrected chi connectivity index (χ0v) is 9.62. The maximum Gasteiger partial charge on any atom is 0.323 e. The molecular weight excluding hydrogens is 260 g/mol. The Kier molecular flexibility index (Phi) is 2.81.